The van der Waals surface area contributed by atoms with Gasteiger partial charge in [0.05, 0.1) is 24.1 Å². The summed E-state index contributed by atoms with van der Waals surface area (Å²) in [7, 11) is 0. The van der Waals surface area contributed by atoms with Gasteiger partial charge in [-0.3, -0.25) is 9.59 Å². The Morgan fingerprint density at radius 1 is 1.06 bits per heavy atom. The average Bonchev–Trinajstić information content (AvgIpc) is 2.93. The molecule has 1 atom stereocenters. The normalized spacial score (nSPS) is 18.0. The van der Waals surface area contributed by atoms with E-state index in [1.807, 2.05) is 59.5 Å². The van der Waals surface area contributed by atoms with Crippen molar-refractivity contribution in [2.75, 3.05) is 13.1 Å². The second-order valence-corrected chi connectivity index (χ2v) is 9.31. The number of hydrogen-bond donors (Lipinski definition) is 0. The van der Waals surface area contributed by atoms with E-state index in [0.29, 0.717) is 54.9 Å². The number of rotatable bonds is 4. The molecule has 1 amide bonds. The third-order valence-corrected chi connectivity index (χ3v) is 7.30. The second-order valence-electron chi connectivity index (χ2n) is 9.31. The number of piperidine rings is 1. The zero-order valence-corrected chi connectivity index (χ0v) is 19.8. The van der Waals surface area contributed by atoms with Gasteiger partial charge in [-0.15, -0.1) is 0 Å². The molecule has 0 aromatic heterocycles. The maximum atomic E-state index is 13.7. The number of ether oxygens (including phenoxy) is 1. The molecule has 1 unspecified atom stereocenters. The van der Waals surface area contributed by atoms with Crippen LogP contribution in [0.15, 0.2) is 72.8 Å². The third-order valence-electron chi connectivity index (χ3n) is 7.30. The SMILES string of the molecule is [C-]#[N+]c1ccc(-c2ccc3c(c2)OC2(CCN(C(=O)c4ccccc4)CC2)C(CCC#N)C3=O)cc1. The Bertz CT molecular complexity index is 1380. The number of carbonyl (C=O) groups excluding carboxylic acids is 2. The molecule has 6 heteroatoms. The Labute approximate surface area is 210 Å². The van der Waals surface area contributed by atoms with Crippen LogP contribution in [0.5, 0.6) is 5.75 Å². The molecule has 2 aliphatic heterocycles. The number of benzene rings is 3. The average molecular weight is 476 g/mol. The number of carbonyl (C=O) groups is 2. The quantitative estimate of drug-likeness (QED) is 0.429. The first-order chi connectivity index (χ1) is 17.5. The number of nitrogens with zero attached hydrogens (tertiary/aromatic N) is 3. The number of hydrogen-bond acceptors (Lipinski definition) is 4. The molecule has 0 radical (unpaired) electrons. The van der Waals surface area contributed by atoms with Gasteiger partial charge in [-0.25, -0.2) is 4.85 Å². The van der Waals surface area contributed by atoms with E-state index in [-0.39, 0.29) is 18.1 Å². The van der Waals surface area contributed by atoms with E-state index in [9.17, 15) is 14.9 Å². The van der Waals surface area contributed by atoms with Crippen LogP contribution in [0.25, 0.3) is 16.0 Å². The minimum atomic E-state index is -0.749. The summed E-state index contributed by atoms with van der Waals surface area (Å²) in [4.78, 5) is 31.9. The molecule has 0 aliphatic carbocycles. The first-order valence-corrected chi connectivity index (χ1v) is 12.1. The maximum Gasteiger partial charge on any atom is 0.253 e. The summed E-state index contributed by atoms with van der Waals surface area (Å²) in [6.07, 6.45) is 1.75. The van der Waals surface area contributed by atoms with Gasteiger partial charge in [-0.1, -0.05) is 48.5 Å². The van der Waals surface area contributed by atoms with Gasteiger partial charge in [-0.2, -0.15) is 5.26 Å². The predicted octanol–water partition coefficient (Wildman–Crippen LogP) is 6.07. The van der Waals surface area contributed by atoms with Crippen LogP contribution < -0.4 is 4.74 Å². The summed E-state index contributed by atoms with van der Waals surface area (Å²) < 4.78 is 6.66. The summed E-state index contributed by atoms with van der Waals surface area (Å²) in [5, 5.41) is 9.23. The molecule has 2 aliphatic rings. The molecular formula is C30H25N3O3. The Morgan fingerprint density at radius 2 is 1.75 bits per heavy atom. The van der Waals surface area contributed by atoms with Crippen molar-refractivity contribution in [2.24, 2.45) is 5.92 Å². The molecule has 5 rings (SSSR count). The molecule has 0 N–H and O–H groups in total. The fourth-order valence-corrected chi connectivity index (χ4v) is 5.34. The molecule has 3 aromatic rings. The monoisotopic (exact) mass is 475 g/mol. The van der Waals surface area contributed by atoms with Gasteiger partial charge in [0.1, 0.15) is 11.4 Å². The number of fused-ring (bicyclic) bond motifs is 1. The molecule has 1 fully saturated rings. The number of likely N-dealkylation sites (tertiary alicyclic amines) is 1. The number of nitriles is 1. The lowest BCUT2D eigenvalue weighted by atomic mass is 9.71. The standard InChI is InChI=1S/C30H25N3O3/c1-32-24-12-9-21(10-13-24)23-11-14-25-27(20-23)36-30(26(28(25)34)8-5-17-31)15-18-33(19-16-30)29(35)22-6-3-2-4-7-22/h2-4,6-7,9-14,20,26H,5,8,15-16,18-19H2. The van der Waals surface area contributed by atoms with Crippen LogP contribution in [-0.4, -0.2) is 35.3 Å². The highest BCUT2D eigenvalue weighted by Gasteiger charge is 2.51. The summed E-state index contributed by atoms with van der Waals surface area (Å²) in [6, 6.07) is 24.3. The van der Waals surface area contributed by atoms with E-state index in [0.717, 1.165) is 11.1 Å². The van der Waals surface area contributed by atoms with Gasteiger partial charge >= 0.3 is 0 Å². The lowest BCUT2D eigenvalue weighted by Crippen LogP contribution is -2.57. The number of amides is 1. The van der Waals surface area contributed by atoms with Gasteiger partial charge in [0, 0.05) is 37.9 Å². The number of Topliss-reactive ketones (excluding diaryl/α,β-unsaturated/α-hetero) is 1. The third kappa shape index (κ3) is 4.23. The van der Waals surface area contributed by atoms with Crippen molar-refractivity contribution in [1.82, 2.24) is 4.90 Å². The summed E-state index contributed by atoms with van der Waals surface area (Å²) >= 11 is 0. The zero-order valence-electron chi connectivity index (χ0n) is 19.8. The minimum Gasteiger partial charge on any atom is -0.486 e. The van der Waals surface area contributed by atoms with Gasteiger partial charge < -0.3 is 9.64 Å². The Kier molecular flexibility index (Phi) is 6.27. The van der Waals surface area contributed by atoms with Crippen molar-refractivity contribution in [3.05, 3.63) is 95.3 Å². The van der Waals surface area contributed by atoms with Crippen molar-refractivity contribution in [2.45, 2.75) is 31.3 Å². The topological polar surface area (TPSA) is 74.8 Å². The van der Waals surface area contributed by atoms with Crippen molar-refractivity contribution >= 4 is 17.4 Å². The molecule has 1 spiro atoms. The maximum absolute atomic E-state index is 13.7. The van der Waals surface area contributed by atoms with Crippen molar-refractivity contribution in [1.29, 1.82) is 5.26 Å². The van der Waals surface area contributed by atoms with E-state index in [2.05, 4.69) is 10.9 Å². The summed E-state index contributed by atoms with van der Waals surface area (Å²) in [6.45, 7) is 8.12. The lowest BCUT2D eigenvalue weighted by Gasteiger charge is -2.48. The molecule has 0 saturated carbocycles. The van der Waals surface area contributed by atoms with E-state index < -0.39 is 11.5 Å². The first-order valence-electron chi connectivity index (χ1n) is 12.1. The number of ketones is 1. The van der Waals surface area contributed by atoms with Crippen LogP contribution in [0.3, 0.4) is 0 Å². The highest BCUT2D eigenvalue weighted by atomic mass is 16.5. The van der Waals surface area contributed by atoms with Crippen LogP contribution in [0, 0.1) is 23.8 Å². The van der Waals surface area contributed by atoms with Crippen molar-refractivity contribution < 1.29 is 14.3 Å². The highest BCUT2D eigenvalue weighted by Crippen LogP contribution is 2.46. The molecular weight excluding hydrogens is 450 g/mol. The van der Waals surface area contributed by atoms with Crippen LogP contribution in [0.2, 0.25) is 0 Å². The molecule has 1 saturated heterocycles. The fraction of sp³-hybridized carbons (Fsp3) is 0.267. The molecule has 2 heterocycles. The smallest absolute Gasteiger partial charge is 0.253 e. The second kappa shape index (κ2) is 9.68. The lowest BCUT2D eigenvalue weighted by molar-refractivity contribution is -0.0411. The van der Waals surface area contributed by atoms with Gasteiger partial charge in [-0.05, 0) is 41.8 Å². The van der Waals surface area contributed by atoms with Crippen LogP contribution >= 0.6 is 0 Å². The van der Waals surface area contributed by atoms with Crippen molar-refractivity contribution in [3.63, 3.8) is 0 Å². The Morgan fingerprint density at radius 3 is 2.42 bits per heavy atom. The van der Waals surface area contributed by atoms with E-state index in [1.54, 1.807) is 18.2 Å². The van der Waals surface area contributed by atoms with Crippen molar-refractivity contribution in [3.8, 4) is 22.9 Å². The molecule has 3 aromatic carbocycles. The molecule has 0 bridgehead atoms. The summed E-state index contributed by atoms with van der Waals surface area (Å²) in [5.74, 6) is 0.0983. The predicted molar refractivity (Wildman–Crippen MR) is 136 cm³/mol. The Hall–Kier alpha value is -4.42. The largest absolute Gasteiger partial charge is 0.486 e. The van der Waals surface area contributed by atoms with E-state index in [4.69, 9.17) is 11.3 Å². The zero-order chi connectivity index (χ0) is 25.1. The minimum absolute atomic E-state index is 0.00393. The van der Waals surface area contributed by atoms with Crippen LogP contribution in [-0.2, 0) is 0 Å². The van der Waals surface area contributed by atoms with E-state index >= 15 is 0 Å². The van der Waals surface area contributed by atoms with Gasteiger partial charge in [0.2, 0.25) is 0 Å². The molecule has 178 valence electrons. The fourth-order valence-electron chi connectivity index (χ4n) is 5.34. The van der Waals surface area contributed by atoms with Gasteiger partial charge in [0.15, 0.2) is 11.5 Å². The molecule has 6 nitrogen and oxygen atoms in total. The first kappa shape index (κ1) is 23.3. The van der Waals surface area contributed by atoms with E-state index in [1.165, 1.54) is 0 Å². The molecule has 36 heavy (non-hydrogen) atoms. The Balaban J connectivity index is 1.44. The highest BCUT2D eigenvalue weighted by molar-refractivity contribution is 6.03. The van der Waals surface area contributed by atoms with Crippen LogP contribution in [0.4, 0.5) is 5.69 Å². The van der Waals surface area contributed by atoms with Crippen LogP contribution in [0.1, 0.15) is 46.4 Å². The van der Waals surface area contributed by atoms with Gasteiger partial charge in [0.25, 0.3) is 5.91 Å². The summed E-state index contributed by atoms with van der Waals surface area (Å²) in [5.41, 5.74) is 2.84.